The summed E-state index contributed by atoms with van der Waals surface area (Å²) in [6.45, 7) is 5.69. The van der Waals surface area contributed by atoms with Crippen molar-refractivity contribution in [1.82, 2.24) is 4.90 Å². The number of non-ortho nitro benzene ring substituents is 1. The van der Waals surface area contributed by atoms with E-state index in [1.165, 1.54) is 12.1 Å². The molecule has 2 aromatic rings. The summed E-state index contributed by atoms with van der Waals surface area (Å²) in [5, 5.41) is 13.9. The summed E-state index contributed by atoms with van der Waals surface area (Å²) in [5.41, 5.74) is 2.02. The lowest BCUT2D eigenvalue weighted by Crippen LogP contribution is -2.38. The minimum atomic E-state index is -0.401. The van der Waals surface area contributed by atoms with E-state index >= 15 is 0 Å². The quantitative estimate of drug-likeness (QED) is 0.578. The van der Waals surface area contributed by atoms with Gasteiger partial charge in [-0.25, -0.2) is 0 Å². The molecule has 1 saturated heterocycles. The second kappa shape index (κ2) is 9.17. The largest absolute Gasteiger partial charge is 0.492 e. The highest BCUT2D eigenvalue weighted by atomic mass is 16.6. The Balaban J connectivity index is 1.46. The molecular formula is C19H23N3O4. The van der Waals surface area contributed by atoms with Gasteiger partial charge in [-0.3, -0.25) is 15.0 Å². The maximum atomic E-state index is 10.7. The Morgan fingerprint density at radius 3 is 2.65 bits per heavy atom. The van der Waals surface area contributed by atoms with Gasteiger partial charge in [-0.2, -0.15) is 0 Å². The van der Waals surface area contributed by atoms with Gasteiger partial charge in [0.25, 0.3) is 5.69 Å². The first-order valence-corrected chi connectivity index (χ1v) is 8.71. The van der Waals surface area contributed by atoms with Crippen LogP contribution < -0.4 is 10.1 Å². The van der Waals surface area contributed by atoms with Gasteiger partial charge < -0.3 is 14.8 Å². The fraction of sp³-hybridized carbons (Fsp3) is 0.368. The average molecular weight is 357 g/mol. The van der Waals surface area contributed by atoms with Gasteiger partial charge in [0.05, 0.1) is 18.1 Å². The molecule has 1 N–H and O–H groups in total. The molecule has 3 rings (SSSR count). The summed E-state index contributed by atoms with van der Waals surface area (Å²) in [5.74, 6) is 0.848. The molecule has 2 aromatic carbocycles. The molecule has 0 aromatic heterocycles. The van der Waals surface area contributed by atoms with Crippen molar-refractivity contribution in [3.63, 3.8) is 0 Å². The minimum absolute atomic E-state index is 0.0891. The smallest absolute Gasteiger partial charge is 0.269 e. The zero-order valence-electron chi connectivity index (χ0n) is 14.6. The van der Waals surface area contributed by atoms with Crippen molar-refractivity contribution in [2.45, 2.75) is 6.54 Å². The number of nitro benzene ring substituents is 1. The number of hydrogen-bond acceptors (Lipinski definition) is 6. The van der Waals surface area contributed by atoms with E-state index in [-0.39, 0.29) is 5.69 Å². The lowest BCUT2D eigenvalue weighted by Gasteiger charge is -2.26. The number of morpholine rings is 1. The topological polar surface area (TPSA) is 76.9 Å². The molecule has 0 amide bonds. The number of anilines is 1. The summed E-state index contributed by atoms with van der Waals surface area (Å²) in [4.78, 5) is 12.6. The van der Waals surface area contributed by atoms with E-state index in [1.807, 2.05) is 24.3 Å². The Bertz CT molecular complexity index is 715. The van der Waals surface area contributed by atoms with Crippen molar-refractivity contribution in [3.8, 4) is 5.75 Å². The summed E-state index contributed by atoms with van der Waals surface area (Å²) < 4.78 is 11.2. The Morgan fingerprint density at radius 2 is 1.92 bits per heavy atom. The van der Waals surface area contributed by atoms with Crippen molar-refractivity contribution >= 4 is 11.4 Å². The van der Waals surface area contributed by atoms with E-state index in [0.29, 0.717) is 13.2 Å². The van der Waals surface area contributed by atoms with Crippen molar-refractivity contribution in [1.29, 1.82) is 0 Å². The number of nitrogens with zero attached hydrogens (tertiary/aromatic N) is 2. The molecule has 26 heavy (non-hydrogen) atoms. The van der Waals surface area contributed by atoms with Crippen LogP contribution in [0.3, 0.4) is 0 Å². The summed E-state index contributed by atoms with van der Waals surface area (Å²) in [6, 6.07) is 14.4. The second-order valence-electron chi connectivity index (χ2n) is 6.11. The Hall–Kier alpha value is -2.64. The van der Waals surface area contributed by atoms with E-state index in [9.17, 15) is 10.1 Å². The predicted octanol–water partition coefficient (Wildman–Crippen LogP) is 2.92. The number of benzene rings is 2. The highest BCUT2D eigenvalue weighted by Gasteiger charge is 2.09. The molecule has 7 heteroatoms. The second-order valence-corrected chi connectivity index (χ2v) is 6.11. The highest BCUT2D eigenvalue weighted by molar-refractivity contribution is 5.49. The predicted molar refractivity (Wildman–Crippen MR) is 99.6 cm³/mol. The van der Waals surface area contributed by atoms with Crippen LogP contribution in [0.1, 0.15) is 5.56 Å². The maximum Gasteiger partial charge on any atom is 0.269 e. The number of nitro groups is 1. The molecule has 0 saturated carbocycles. The van der Waals surface area contributed by atoms with E-state index in [1.54, 1.807) is 12.1 Å². The van der Waals surface area contributed by atoms with Crippen LogP contribution in [0.5, 0.6) is 5.75 Å². The fourth-order valence-corrected chi connectivity index (χ4v) is 2.77. The molecular weight excluding hydrogens is 334 g/mol. The highest BCUT2D eigenvalue weighted by Crippen LogP contribution is 2.18. The number of hydrogen-bond donors (Lipinski definition) is 1. The molecule has 0 radical (unpaired) electrons. The lowest BCUT2D eigenvalue weighted by atomic mass is 10.2. The van der Waals surface area contributed by atoms with Crippen LogP contribution in [0.25, 0.3) is 0 Å². The van der Waals surface area contributed by atoms with Gasteiger partial charge >= 0.3 is 0 Å². The fourth-order valence-electron chi connectivity index (χ4n) is 2.77. The Kier molecular flexibility index (Phi) is 6.40. The standard InChI is InChI=1S/C19H23N3O4/c23-22(24)18-6-4-17(5-7-18)20-15-16-2-1-3-19(14-16)26-13-10-21-8-11-25-12-9-21/h1-7,14,20H,8-13,15H2. The number of ether oxygens (including phenoxy) is 2. The van der Waals surface area contributed by atoms with Crippen LogP contribution in [-0.2, 0) is 11.3 Å². The molecule has 0 unspecified atom stereocenters. The zero-order valence-corrected chi connectivity index (χ0v) is 14.6. The molecule has 1 fully saturated rings. The summed E-state index contributed by atoms with van der Waals surface area (Å²) in [7, 11) is 0. The third-order valence-electron chi connectivity index (χ3n) is 4.25. The lowest BCUT2D eigenvalue weighted by molar-refractivity contribution is -0.384. The number of rotatable bonds is 8. The van der Waals surface area contributed by atoms with Crippen LogP contribution in [0.15, 0.2) is 48.5 Å². The van der Waals surface area contributed by atoms with Gasteiger partial charge in [-0.1, -0.05) is 12.1 Å². The van der Waals surface area contributed by atoms with Gasteiger partial charge in [0, 0.05) is 44.0 Å². The molecule has 7 nitrogen and oxygen atoms in total. The summed E-state index contributed by atoms with van der Waals surface area (Å²) >= 11 is 0. The Morgan fingerprint density at radius 1 is 1.15 bits per heavy atom. The number of nitrogens with one attached hydrogen (secondary N) is 1. The first-order valence-electron chi connectivity index (χ1n) is 8.71. The normalized spacial score (nSPS) is 14.8. The molecule has 1 heterocycles. The van der Waals surface area contributed by atoms with E-state index in [0.717, 1.165) is 49.8 Å². The van der Waals surface area contributed by atoms with Crippen molar-refractivity contribution < 1.29 is 14.4 Å². The molecule has 0 bridgehead atoms. The van der Waals surface area contributed by atoms with E-state index in [4.69, 9.17) is 9.47 Å². The van der Waals surface area contributed by atoms with Crippen LogP contribution in [-0.4, -0.2) is 49.3 Å². The van der Waals surface area contributed by atoms with Crippen LogP contribution in [0, 0.1) is 10.1 Å². The van der Waals surface area contributed by atoms with Gasteiger partial charge in [0.2, 0.25) is 0 Å². The molecule has 138 valence electrons. The van der Waals surface area contributed by atoms with Crippen molar-refractivity contribution in [2.75, 3.05) is 44.8 Å². The van der Waals surface area contributed by atoms with E-state index in [2.05, 4.69) is 10.2 Å². The van der Waals surface area contributed by atoms with Gasteiger partial charge in [-0.15, -0.1) is 0 Å². The molecule has 0 aliphatic carbocycles. The molecule has 1 aliphatic rings. The average Bonchev–Trinajstić information content (AvgIpc) is 2.68. The van der Waals surface area contributed by atoms with Crippen molar-refractivity contribution in [3.05, 3.63) is 64.2 Å². The molecule has 0 atom stereocenters. The van der Waals surface area contributed by atoms with Crippen LogP contribution >= 0.6 is 0 Å². The first kappa shape index (κ1) is 18.2. The Labute approximate surface area is 152 Å². The molecule has 0 spiro atoms. The maximum absolute atomic E-state index is 10.7. The van der Waals surface area contributed by atoms with Crippen molar-refractivity contribution in [2.24, 2.45) is 0 Å². The minimum Gasteiger partial charge on any atom is -0.492 e. The monoisotopic (exact) mass is 357 g/mol. The van der Waals surface area contributed by atoms with E-state index < -0.39 is 4.92 Å². The zero-order chi connectivity index (χ0) is 18.2. The van der Waals surface area contributed by atoms with Gasteiger partial charge in [0.15, 0.2) is 0 Å². The van der Waals surface area contributed by atoms with Crippen LogP contribution in [0.4, 0.5) is 11.4 Å². The molecule has 1 aliphatic heterocycles. The van der Waals surface area contributed by atoms with Gasteiger partial charge in [0.1, 0.15) is 12.4 Å². The third-order valence-corrected chi connectivity index (χ3v) is 4.25. The van der Waals surface area contributed by atoms with Gasteiger partial charge in [-0.05, 0) is 29.8 Å². The SMILES string of the molecule is O=[N+]([O-])c1ccc(NCc2cccc(OCCN3CCOCC3)c2)cc1. The first-order chi connectivity index (χ1) is 12.7. The summed E-state index contributed by atoms with van der Waals surface area (Å²) in [6.07, 6.45) is 0. The third kappa shape index (κ3) is 5.44. The van der Waals surface area contributed by atoms with Crippen LogP contribution in [0.2, 0.25) is 0 Å².